The van der Waals surface area contributed by atoms with Crippen molar-refractivity contribution in [3.05, 3.63) is 0 Å². The summed E-state index contributed by atoms with van der Waals surface area (Å²) in [4.78, 5) is 11.1. The molecular weight excluding hydrogens is 273 g/mol. The summed E-state index contributed by atoms with van der Waals surface area (Å²) in [5, 5.41) is 9.09. The summed E-state index contributed by atoms with van der Waals surface area (Å²) in [5.74, 6) is -1.18. The number of aliphatic carboxylic acids is 1. The fraction of sp³-hybridized carbons (Fsp3) is 0.929. The van der Waals surface area contributed by atoms with Crippen molar-refractivity contribution in [3.8, 4) is 0 Å². The zero-order valence-corrected chi connectivity index (χ0v) is 12.2. The number of rotatable bonds is 5. The third-order valence-electron chi connectivity index (χ3n) is 4.27. The molecule has 0 saturated heterocycles. The molecule has 1 aliphatic rings. The topological polar surface area (TPSA) is 46.5 Å². The van der Waals surface area contributed by atoms with Crippen LogP contribution in [0.4, 0.5) is 13.2 Å². The fourth-order valence-electron chi connectivity index (χ4n) is 3.10. The molecule has 1 atom stereocenters. The van der Waals surface area contributed by atoms with E-state index in [4.69, 9.17) is 5.11 Å². The quantitative estimate of drug-likeness (QED) is 0.837. The molecule has 20 heavy (non-hydrogen) atoms. The van der Waals surface area contributed by atoms with Gasteiger partial charge in [0.15, 0.2) is 6.10 Å². The van der Waals surface area contributed by atoms with Crippen molar-refractivity contribution in [1.82, 2.24) is 0 Å². The van der Waals surface area contributed by atoms with Crippen molar-refractivity contribution < 1.29 is 27.8 Å². The van der Waals surface area contributed by atoms with Crippen molar-refractivity contribution in [3.63, 3.8) is 0 Å². The summed E-state index contributed by atoms with van der Waals surface area (Å²) in [6.07, 6.45) is -3.35. The molecule has 1 aliphatic carbocycles. The average Bonchev–Trinajstić information content (AvgIpc) is 2.30. The Labute approximate surface area is 117 Å². The van der Waals surface area contributed by atoms with E-state index >= 15 is 0 Å². The molecule has 0 bridgehead atoms. The number of hydrogen-bond donors (Lipinski definition) is 1. The first-order valence-electron chi connectivity index (χ1n) is 6.91. The van der Waals surface area contributed by atoms with Crippen LogP contribution >= 0.6 is 0 Å². The van der Waals surface area contributed by atoms with Gasteiger partial charge in [-0.25, -0.2) is 0 Å². The van der Waals surface area contributed by atoms with Gasteiger partial charge in [0.1, 0.15) is 0 Å². The summed E-state index contributed by atoms with van der Waals surface area (Å²) in [6.45, 7) is 3.32. The molecule has 0 spiro atoms. The van der Waals surface area contributed by atoms with Crippen molar-refractivity contribution in [2.45, 2.75) is 58.2 Å². The Morgan fingerprint density at radius 3 is 2.10 bits per heavy atom. The van der Waals surface area contributed by atoms with Gasteiger partial charge < -0.3 is 9.84 Å². The molecule has 118 valence electrons. The largest absolute Gasteiger partial charge is 0.481 e. The molecule has 6 heteroatoms. The Morgan fingerprint density at radius 2 is 1.75 bits per heavy atom. The lowest BCUT2D eigenvalue weighted by molar-refractivity contribution is -0.232. The van der Waals surface area contributed by atoms with Gasteiger partial charge in [-0.05, 0) is 44.9 Å². The van der Waals surface area contributed by atoms with Crippen LogP contribution < -0.4 is 0 Å². The van der Waals surface area contributed by atoms with E-state index in [1.165, 1.54) is 0 Å². The van der Waals surface area contributed by atoms with E-state index in [2.05, 4.69) is 4.74 Å². The maximum absolute atomic E-state index is 12.8. The highest BCUT2D eigenvalue weighted by atomic mass is 19.4. The predicted octanol–water partition coefficient (Wildman–Crippen LogP) is 3.87. The molecule has 0 radical (unpaired) electrons. The van der Waals surface area contributed by atoms with Crippen LogP contribution in [0.2, 0.25) is 0 Å². The van der Waals surface area contributed by atoms with Crippen LogP contribution in [0.15, 0.2) is 0 Å². The highest BCUT2D eigenvalue weighted by Gasteiger charge is 2.46. The maximum atomic E-state index is 12.8. The molecule has 0 aliphatic heterocycles. The van der Waals surface area contributed by atoms with Gasteiger partial charge >= 0.3 is 12.1 Å². The lowest BCUT2D eigenvalue weighted by Crippen LogP contribution is -2.40. The van der Waals surface area contributed by atoms with Crippen molar-refractivity contribution >= 4 is 5.97 Å². The van der Waals surface area contributed by atoms with Crippen molar-refractivity contribution in [1.29, 1.82) is 0 Å². The minimum atomic E-state index is -4.33. The number of halogens is 3. The first-order chi connectivity index (χ1) is 9.08. The predicted molar refractivity (Wildman–Crippen MR) is 68.3 cm³/mol. The Morgan fingerprint density at radius 1 is 1.25 bits per heavy atom. The molecular formula is C14H23F3O3. The minimum absolute atomic E-state index is 0.183. The van der Waals surface area contributed by atoms with Crippen LogP contribution in [0, 0.1) is 17.3 Å². The van der Waals surface area contributed by atoms with E-state index in [1.54, 1.807) is 13.8 Å². The first-order valence-corrected chi connectivity index (χ1v) is 6.91. The van der Waals surface area contributed by atoms with Crippen LogP contribution in [0.1, 0.15) is 46.0 Å². The molecule has 1 saturated carbocycles. The smallest absolute Gasteiger partial charge is 0.414 e. The van der Waals surface area contributed by atoms with Gasteiger partial charge in [0.25, 0.3) is 0 Å². The normalized spacial score (nSPS) is 26.3. The lowest BCUT2D eigenvalue weighted by atomic mass is 9.72. The molecule has 0 aromatic rings. The van der Waals surface area contributed by atoms with Gasteiger partial charge in [-0.2, -0.15) is 13.2 Å². The third-order valence-corrected chi connectivity index (χ3v) is 4.27. The van der Waals surface area contributed by atoms with E-state index in [0.717, 1.165) is 7.11 Å². The van der Waals surface area contributed by atoms with Crippen LogP contribution in [0.5, 0.6) is 0 Å². The molecule has 0 amide bonds. The van der Waals surface area contributed by atoms with Crippen molar-refractivity contribution in [2.75, 3.05) is 7.11 Å². The second kappa shape index (κ2) is 6.33. The van der Waals surface area contributed by atoms with E-state index in [-0.39, 0.29) is 5.92 Å². The maximum Gasteiger partial charge on any atom is 0.414 e. The second-order valence-electron chi connectivity index (χ2n) is 6.37. The van der Waals surface area contributed by atoms with Gasteiger partial charge in [-0.15, -0.1) is 0 Å². The SMILES string of the molecule is COC(C1CCC(CC(C)(C)C(=O)O)CC1)C(F)(F)F. The van der Waals surface area contributed by atoms with Gasteiger partial charge in [0, 0.05) is 7.11 Å². The molecule has 3 nitrogen and oxygen atoms in total. The van der Waals surface area contributed by atoms with E-state index in [0.29, 0.717) is 32.1 Å². The molecule has 1 unspecified atom stereocenters. The number of hydrogen-bond acceptors (Lipinski definition) is 2. The molecule has 1 rings (SSSR count). The highest BCUT2D eigenvalue weighted by molar-refractivity contribution is 5.73. The van der Waals surface area contributed by atoms with Crippen molar-refractivity contribution in [2.24, 2.45) is 17.3 Å². The molecule has 0 aromatic carbocycles. The molecule has 0 heterocycles. The van der Waals surface area contributed by atoms with Gasteiger partial charge in [0.05, 0.1) is 5.41 Å². The van der Waals surface area contributed by atoms with Crippen LogP contribution in [0.3, 0.4) is 0 Å². The monoisotopic (exact) mass is 296 g/mol. The number of methoxy groups -OCH3 is 1. The number of ether oxygens (including phenoxy) is 1. The number of carboxylic acids is 1. The van der Waals surface area contributed by atoms with Gasteiger partial charge in [0.2, 0.25) is 0 Å². The summed E-state index contributed by atoms with van der Waals surface area (Å²) in [6, 6.07) is 0. The van der Waals surface area contributed by atoms with Gasteiger partial charge in [-0.1, -0.05) is 12.8 Å². The van der Waals surface area contributed by atoms with Crippen LogP contribution in [-0.2, 0) is 9.53 Å². The van der Waals surface area contributed by atoms with E-state index in [9.17, 15) is 18.0 Å². The second-order valence-corrected chi connectivity index (χ2v) is 6.37. The van der Waals surface area contributed by atoms with Crippen LogP contribution in [-0.4, -0.2) is 30.5 Å². The van der Waals surface area contributed by atoms with E-state index < -0.39 is 29.6 Å². The van der Waals surface area contributed by atoms with Crippen LogP contribution in [0.25, 0.3) is 0 Å². The molecule has 1 fully saturated rings. The Balaban J connectivity index is 2.54. The zero-order chi connectivity index (χ0) is 15.6. The molecule has 1 N–H and O–H groups in total. The zero-order valence-electron chi connectivity index (χ0n) is 12.2. The standard InChI is InChI=1S/C14H23F3O3/c1-13(2,12(18)19)8-9-4-6-10(7-5-9)11(20-3)14(15,16)17/h9-11H,4-8H2,1-3H3,(H,18,19). The summed E-state index contributed by atoms with van der Waals surface area (Å²) in [7, 11) is 1.10. The Bertz CT molecular complexity index is 331. The number of carbonyl (C=O) groups is 1. The summed E-state index contributed by atoms with van der Waals surface area (Å²) < 4.78 is 42.9. The van der Waals surface area contributed by atoms with Gasteiger partial charge in [-0.3, -0.25) is 4.79 Å². The summed E-state index contributed by atoms with van der Waals surface area (Å²) in [5.41, 5.74) is -0.817. The lowest BCUT2D eigenvalue weighted by Gasteiger charge is -2.36. The fourth-order valence-corrected chi connectivity index (χ4v) is 3.10. The van der Waals surface area contributed by atoms with E-state index in [1.807, 2.05) is 0 Å². The third kappa shape index (κ3) is 4.36. The highest BCUT2D eigenvalue weighted by Crippen LogP contribution is 2.41. The Kier molecular flexibility index (Phi) is 5.46. The number of carboxylic acid groups (broad SMARTS) is 1. The minimum Gasteiger partial charge on any atom is -0.481 e. The molecule has 0 aromatic heterocycles. The summed E-state index contributed by atoms with van der Waals surface area (Å²) >= 11 is 0. The Hall–Kier alpha value is -0.780. The first kappa shape index (κ1) is 17.3. The average molecular weight is 296 g/mol. The number of alkyl halides is 3.